The second kappa shape index (κ2) is 8.18. The number of fused-ring (bicyclic) bond motifs is 3. The molecule has 6 rings (SSSR count). The monoisotopic (exact) mass is 441 g/mol. The Bertz CT molecular complexity index is 1300. The summed E-state index contributed by atoms with van der Waals surface area (Å²) in [5, 5.41) is 7.96. The van der Waals surface area contributed by atoms with E-state index < -0.39 is 0 Å². The molecule has 0 spiro atoms. The third kappa shape index (κ3) is 3.76. The Hall–Kier alpha value is -3.98. The Morgan fingerprint density at radius 3 is 2.64 bits per heavy atom. The lowest BCUT2D eigenvalue weighted by molar-refractivity contribution is 0.122. The number of ether oxygens (including phenoxy) is 2. The van der Waals surface area contributed by atoms with Gasteiger partial charge < -0.3 is 19.7 Å². The lowest BCUT2D eigenvalue weighted by atomic mass is 9.97. The maximum Gasteiger partial charge on any atom is 0.228 e. The van der Waals surface area contributed by atoms with Crippen molar-refractivity contribution in [1.82, 2.24) is 24.7 Å². The van der Waals surface area contributed by atoms with Crippen molar-refractivity contribution in [1.29, 1.82) is 0 Å². The van der Waals surface area contributed by atoms with Crippen LogP contribution in [0.4, 0.5) is 17.5 Å². The molecule has 0 aliphatic carbocycles. The number of hydrogen-bond donors (Lipinski definition) is 1. The van der Waals surface area contributed by atoms with Gasteiger partial charge in [-0.1, -0.05) is 12.1 Å². The van der Waals surface area contributed by atoms with Crippen LogP contribution >= 0.6 is 0 Å². The number of anilines is 3. The van der Waals surface area contributed by atoms with Crippen molar-refractivity contribution >= 4 is 17.5 Å². The summed E-state index contributed by atoms with van der Waals surface area (Å²) in [4.78, 5) is 16.1. The predicted octanol–water partition coefficient (Wildman–Crippen LogP) is 3.41. The highest BCUT2D eigenvalue weighted by Crippen LogP contribution is 2.43. The number of nitrogens with zero attached hydrogens (tertiary/aromatic N) is 6. The molecule has 0 amide bonds. The van der Waals surface area contributed by atoms with Gasteiger partial charge >= 0.3 is 0 Å². The Morgan fingerprint density at radius 2 is 1.85 bits per heavy atom. The van der Waals surface area contributed by atoms with Crippen molar-refractivity contribution in [3.63, 3.8) is 0 Å². The Kier molecular flexibility index (Phi) is 4.88. The minimum atomic E-state index is 0.454. The molecule has 166 valence electrons. The quantitative estimate of drug-likeness (QED) is 0.515. The maximum atomic E-state index is 6.18. The number of pyridine rings is 1. The van der Waals surface area contributed by atoms with E-state index in [9.17, 15) is 0 Å². The van der Waals surface area contributed by atoms with Crippen LogP contribution in [0.2, 0.25) is 0 Å². The molecule has 33 heavy (non-hydrogen) atoms. The Morgan fingerprint density at radius 1 is 1.00 bits per heavy atom. The summed E-state index contributed by atoms with van der Waals surface area (Å²) in [6, 6.07) is 12.1. The summed E-state index contributed by atoms with van der Waals surface area (Å²) in [7, 11) is 1.92. The second-order valence-corrected chi connectivity index (χ2v) is 8.05. The molecule has 1 N–H and O–H groups in total. The van der Waals surface area contributed by atoms with Gasteiger partial charge in [-0.2, -0.15) is 10.1 Å². The molecule has 4 aromatic rings. The summed E-state index contributed by atoms with van der Waals surface area (Å²) >= 11 is 0. The van der Waals surface area contributed by atoms with Gasteiger partial charge in [0.05, 0.1) is 18.9 Å². The minimum Gasteiger partial charge on any atom is -0.483 e. The molecule has 0 bridgehead atoms. The molecule has 1 saturated heterocycles. The maximum absolute atomic E-state index is 6.18. The average Bonchev–Trinajstić information content (AvgIpc) is 3.31. The van der Waals surface area contributed by atoms with E-state index in [1.807, 2.05) is 31.4 Å². The molecule has 3 aromatic heterocycles. The molecule has 0 saturated carbocycles. The zero-order chi connectivity index (χ0) is 22.2. The number of aromatic nitrogens is 5. The van der Waals surface area contributed by atoms with Crippen LogP contribution in [0.3, 0.4) is 0 Å². The van der Waals surface area contributed by atoms with Gasteiger partial charge in [0.1, 0.15) is 12.3 Å². The summed E-state index contributed by atoms with van der Waals surface area (Å²) in [5.41, 5.74) is 5.75. The molecule has 0 atom stereocenters. The van der Waals surface area contributed by atoms with Gasteiger partial charge in [-0.3, -0.25) is 9.67 Å². The Balaban J connectivity index is 1.49. The summed E-state index contributed by atoms with van der Waals surface area (Å²) in [5.74, 6) is 1.95. The molecule has 9 heteroatoms. The van der Waals surface area contributed by atoms with Crippen molar-refractivity contribution in [3.05, 3.63) is 60.6 Å². The first-order valence-corrected chi connectivity index (χ1v) is 10.9. The summed E-state index contributed by atoms with van der Waals surface area (Å²) in [6.07, 6.45) is 5.43. The van der Waals surface area contributed by atoms with Crippen LogP contribution in [-0.2, 0) is 18.4 Å². The van der Waals surface area contributed by atoms with Crippen LogP contribution in [0.5, 0.6) is 5.75 Å². The van der Waals surface area contributed by atoms with E-state index in [1.165, 1.54) is 0 Å². The zero-order valence-corrected chi connectivity index (χ0v) is 18.2. The van der Waals surface area contributed by atoms with Gasteiger partial charge in [0.25, 0.3) is 0 Å². The topological polar surface area (TPSA) is 90.2 Å². The number of morpholine rings is 1. The first-order chi connectivity index (χ1) is 16.2. The smallest absolute Gasteiger partial charge is 0.228 e. The fourth-order valence-electron chi connectivity index (χ4n) is 4.12. The number of benzene rings is 1. The highest BCUT2D eigenvalue weighted by molar-refractivity contribution is 5.82. The molecule has 2 aliphatic rings. The second-order valence-electron chi connectivity index (χ2n) is 8.05. The van der Waals surface area contributed by atoms with Crippen LogP contribution in [-0.4, -0.2) is 51.0 Å². The van der Waals surface area contributed by atoms with Crippen molar-refractivity contribution in [3.8, 4) is 28.3 Å². The third-order valence-electron chi connectivity index (χ3n) is 5.84. The largest absolute Gasteiger partial charge is 0.483 e. The molecule has 1 aromatic carbocycles. The van der Waals surface area contributed by atoms with Gasteiger partial charge in [-0.25, -0.2) is 4.98 Å². The van der Waals surface area contributed by atoms with Gasteiger partial charge in [-0.05, 0) is 29.8 Å². The SMILES string of the molecule is Cn1ccc(-c2ccc3c(c2)-c2nc(N4CCOCC4)nc(Nc4ccncc4)c2OC3)n1. The number of aryl methyl sites for hydroxylation is 1. The van der Waals surface area contributed by atoms with Gasteiger partial charge in [0, 0.05) is 55.5 Å². The van der Waals surface area contributed by atoms with Gasteiger partial charge in [0.15, 0.2) is 11.6 Å². The zero-order valence-electron chi connectivity index (χ0n) is 18.2. The van der Waals surface area contributed by atoms with Gasteiger partial charge in [0.2, 0.25) is 5.95 Å². The van der Waals surface area contributed by atoms with Crippen LogP contribution in [0.25, 0.3) is 22.5 Å². The van der Waals surface area contributed by atoms with Crippen molar-refractivity contribution < 1.29 is 9.47 Å². The fourth-order valence-corrected chi connectivity index (χ4v) is 4.12. The molecule has 0 unspecified atom stereocenters. The summed E-state index contributed by atoms with van der Waals surface area (Å²) < 4.78 is 13.5. The third-order valence-corrected chi connectivity index (χ3v) is 5.84. The van der Waals surface area contributed by atoms with Crippen LogP contribution in [0, 0.1) is 0 Å². The molecule has 0 radical (unpaired) electrons. The van der Waals surface area contributed by atoms with E-state index in [4.69, 9.17) is 19.4 Å². The normalized spacial score (nSPS) is 14.9. The van der Waals surface area contributed by atoms with Crippen LogP contribution in [0.1, 0.15) is 5.56 Å². The van der Waals surface area contributed by atoms with Crippen molar-refractivity contribution in [2.24, 2.45) is 7.05 Å². The lowest BCUT2D eigenvalue weighted by Gasteiger charge is -2.29. The van der Waals surface area contributed by atoms with Gasteiger partial charge in [-0.15, -0.1) is 0 Å². The number of hydrogen-bond acceptors (Lipinski definition) is 8. The molecular weight excluding hydrogens is 418 g/mol. The number of rotatable bonds is 4. The molecule has 1 fully saturated rings. The van der Waals surface area contributed by atoms with E-state index >= 15 is 0 Å². The average molecular weight is 441 g/mol. The van der Waals surface area contributed by atoms with Crippen molar-refractivity contribution in [2.45, 2.75) is 6.61 Å². The van der Waals surface area contributed by atoms with E-state index in [0.717, 1.165) is 46.9 Å². The number of nitrogens with one attached hydrogen (secondary N) is 1. The van der Waals surface area contributed by atoms with E-state index in [-0.39, 0.29) is 0 Å². The Labute approximate surface area is 191 Å². The first-order valence-electron chi connectivity index (χ1n) is 10.9. The van der Waals surface area contributed by atoms with Crippen LogP contribution in [0.15, 0.2) is 55.0 Å². The molecule has 2 aliphatic heterocycles. The fraction of sp³-hybridized carbons (Fsp3) is 0.250. The molecular formula is C24H23N7O2. The predicted molar refractivity (Wildman–Crippen MR) is 125 cm³/mol. The molecule has 5 heterocycles. The van der Waals surface area contributed by atoms with E-state index in [0.29, 0.717) is 37.3 Å². The highest BCUT2D eigenvalue weighted by Gasteiger charge is 2.27. The van der Waals surface area contributed by atoms with E-state index in [2.05, 4.69) is 38.5 Å². The highest BCUT2D eigenvalue weighted by atomic mass is 16.5. The summed E-state index contributed by atoms with van der Waals surface area (Å²) in [6.45, 7) is 3.26. The standard InChI is InChI=1S/C24H23N7O2/c1-30-9-6-20(29-30)16-2-3-17-15-33-22-21(19(17)14-16)27-24(31-10-12-32-13-11-31)28-23(22)26-18-4-7-25-8-5-18/h2-9,14H,10-13,15H2,1H3,(H,25,26,27,28). The first kappa shape index (κ1) is 19.7. The van der Waals surface area contributed by atoms with Crippen LogP contribution < -0.4 is 15.0 Å². The lowest BCUT2D eigenvalue weighted by Crippen LogP contribution is -2.37. The van der Waals surface area contributed by atoms with E-state index in [1.54, 1.807) is 17.1 Å². The van der Waals surface area contributed by atoms with Crippen molar-refractivity contribution in [2.75, 3.05) is 36.5 Å². The minimum absolute atomic E-state index is 0.454. The molecule has 9 nitrogen and oxygen atoms in total.